The van der Waals surface area contributed by atoms with E-state index in [1.54, 1.807) is 12.1 Å². The van der Waals surface area contributed by atoms with Crippen molar-refractivity contribution in [2.24, 2.45) is 0 Å². The number of fused-ring (bicyclic) bond motifs is 1. The number of hydrogen-bond donors (Lipinski definition) is 1. The fourth-order valence-corrected chi connectivity index (χ4v) is 4.40. The summed E-state index contributed by atoms with van der Waals surface area (Å²) in [5.74, 6) is -1.02. The number of aliphatic carboxylic acids is 1. The molecule has 1 heterocycles. The van der Waals surface area contributed by atoms with E-state index in [1.807, 2.05) is 13.0 Å². The van der Waals surface area contributed by atoms with E-state index in [1.165, 1.54) is 0 Å². The first kappa shape index (κ1) is 12.1. The van der Waals surface area contributed by atoms with Gasteiger partial charge in [-0.15, -0.1) is 0 Å². The minimum Gasteiger partial charge on any atom is -0.481 e. The molecule has 0 saturated carbocycles. The van der Waals surface area contributed by atoms with E-state index in [2.05, 4.69) is 0 Å². The lowest BCUT2D eigenvalue weighted by Gasteiger charge is -2.10. The number of sulfone groups is 1. The average Bonchev–Trinajstić information content (AvgIpc) is 2.49. The van der Waals surface area contributed by atoms with Crippen LogP contribution in [-0.2, 0) is 14.6 Å². The van der Waals surface area contributed by atoms with Gasteiger partial charge in [0.05, 0.1) is 10.6 Å². The number of carboxylic acid groups (broad SMARTS) is 1. The van der Waals surface area contributed by atoms with Crippen LogP contribution in [0.4, 0.5) is 0 Å². The van der Waals surface area contributed by atoms with Crippen molar-refractivity contribution in [1.29, 1.82) is 0 Å². The highest BCUT2D eigenvalue weighted by molar-refractivity contribution is 7.91. The van der Waals surface area contributed by atoms with Crippen LogP contribution in [0, 0.1) is 6.92 Å². The van der Waals surface area contributed by atoms with Crippen LogP contribution in [0.5, 0.6) is 0 Å². The minimum absolute atomic E-state index is 0.00790. The molecule has 0 saturated heterocycles. The standard InChI is InChI=1S/C12H14O4S/c1-8-3-2-4-10-12(8)9(5-6-11(13)14)7-17(10,15)16/h2-4,9H,5-7H2,1H3,(H,13,14). The monoisotopic (exact) mass is 254 g/mol. The van der Waals surface area contributed by atoms with Gasteiger partial charge in [0.15, 0.2) is 9.84 Å². The maximum Gasteiger partial charge on any atom is 0.303 e. The zero-order chi connectivity index (χ0) is 12.6. The third-order valence-electron chi connectivity index (χ3n) is 3.15. The Morgan fingerprint density at radius 1 is 1.47 bits per heavy atom. The number of rotatable bonds is 3. The third-order valence-corrected chi connectivity index (χ3v) is 5.02. The van der Waals surface area contributed by atoms with Gasteiger partial charge in [0.1, 0.15) is 0 Å². The van der Waals surface area contributed by atoms with E-state index in [0.717, 1.165) is 11.1 Å². The van der Waals surface area contributed by atoms with E-state index in [9.17, 15) is 13.2 Å². The first-order valence-electron chi connectivity index (χ1n) is 5.46. The molecule has 92 valence electrons. The first-order chi connectivity index (χ1) is 7.92. The van der Waals surface area contributed by atoms with Gasteiger partial charge in [0.2, 0.25) is 0 Å². The molecule has 1 aromatic carbocycles. The van der Waals surface area contributed by atoms with Crippen LogP contribution in [0.25, 0.3) is 0 Å². The Morgan fingerprint density at radius 3 is 2.82 bits per heavy atom. The zero-order valence-electron chi connectivity index (χ0n) is 9.51. The summed E-state index contributed by atoms with van der Waals surface area (Å²) >= 11 is 0. The number of carbonyl (C=O) groups is 1. The lowest BCUT2D eigenvalue weighted by atomic mass is 9.93. The van der Waals surface area contributed by atoms with Crippen molar-refractivity contribution < 1.29 is 18.3 Å². The molecule has 2 rings (SSSR count). The molecule has 5 heteroatoms. The Bertz CT molecular complexity index is 560. The van der Waals surface area contributed by atoms with E-state index >= 15 is 0 Å². The third kappa shape index (κ3) is 2.20. The highest BCUT2D eigenvalue weighted by atomic mass is 32.2. The molecule has 17 heavy (non-hydrogen) atoms. The Labute approximate surface area is 100 Å². The molecule has 0 aromatic heterocycles. The van der Waals surface area contributed by atoms with Crippen LogP contribution in [0.15, 0.2) is 23.1 Å². The maximum absolute atomic E-state index is 11.9. The molecule has 0 aliphatic carbocycles. The van der Waals surface area contributed by atoms with Gasteiger partial charge in [-0.05, 0) is 30.5 Å². The largest absolute Gasteiger partial charge is 0.481 e. The number of aryl methyl sites for hydroxylation is 1. The highest BCUT2D eigenvalue weighted by Crippen LogP contribution is 2.39. The summed E-state index contributed by atoms with van der Waals surface area (Å²) in [6, 6.07) is 5.21. The Balaban J connectivity index is 2.40. The number of benzene rings is 1. The van der Waals surface area contributed by atoms with Crippen molar-refractivity contribution in [2.75, 3.05) is 5.75 Å². The maximum atomic E-state index is 11.9. The molecule has 0 spiro atoms. The van der Waals surface area contributed by atoms with Crippen molar-refractivity contribution in [2.45, 2.75) is 30.6 Å². The first-order valence-corrected chi connectivity index (χ1v) is 7.11. The van der Waals surface area contributed by atoms with Crippen LogP contribution in [0.1, 0.15) is 29.9 Å². The molecule has 1 unspecified atom stereocenters. The van der Waals surface area contributed by atoms with Crippen molar-refractivity contribution in [1.82, 2.24) is 0 Å². The van der Waals surface area contributed by atoms with Gasteiger partial charge >= 0.3 is 5.97 Å². The molecule has 1 aromatic rings. The van der Waals surface area contributed by atoms with Gasteiger partial charge in [-0.1, -0.05) is 12.1 Å². The van der Waals surface area contributed by atoms with Crippen molar-refractivity contribution in [3.63, 3.8) is 0 Å². The lowest BCUT2D eigenvalue weighted by Crippen LogP contribution is -2.06. The Hall–Kier alpha value is -1.36. The zero-order valence-corrected chi connectivity index (χ0v) is 10.3. The molecule has 1 atom stereocenters. The van der Waals surface area contributed by atoms with E-state index in [-0.39, 0.29) is 18.1 Å². The van der Waals surface area contributed by atoms with Crippen LogP contribution in [0.2, 0.25) is 0 Å². The van der Waals surface area contributed by atoms with Gasteiger partial charge in [-0.2, -0.15) is 0 Å². The predicted octanol–water partition coefficient (Wildman–Crippen LogP) is 1.73. The normalized spacial score (nSPS) is 21.1. The molecule has 1 aliphatic heterocycles. The van der Waals surface area contributed by atoms with E-state index < -0.39 is 15.8 Å². The molecule has 1 aliphatic rings. The van der Waals surface area contributed by atoms with Crippen molar-refractivity contribution in [3.8, 4) is 0 Å². The second-order valence-electron chi connectivity index (χ2n) is 4.40. The summed E-state index contributed by atoms with van der Waals surface area (Å²) in [4.78, 5) is 10.9. The van der Waals surface area contributed by atoms with Gasteiger partial charge in [-0.3, -0.25) is 4.79 Å². The van der Waals surface area contributed by atoms with Gasteiger partial charge in [-0.25, -0.2) is 8.42 Å². The summed E-state index contributed by atoms with van der Waals surface area (Å²) in [5, 5.41) is 8.67. The summed E-state index contributed by atoms with van der Waals surface area (Å²) < 4.78 is 23.8. The van der Waals surface area contributed by atoms with E-state index in [4.69, 9.17) is 5.11 Å². The van der Waals surface area contributed by atoms with Crippen LogP contribution >= 0.6 is 0 Å². The van der Waals surface area contributed by atoms with Gasteiger partial charge in [0, 0.05) is 12.3 Å². The number of hydrogen-bond acceptors (Lipinski definition) is 3. The van der Waals surface area contributed by atoms with Crippen LogP contribution in [-0.4, -0.2) is 25.2 Å². The molecule has 1 N–H and O–H groups in total. The quantitative estimate of drug-likeness (QED) is 0.891. The van der Waals surface area contributed by atoms with Crippen molar-refractivity contribution >= 4 is 15.8 Å². The molecule has 4 nitrogen and oxygen atoms in total. The Morgan fingerprint density at radius 2 is 2.18 bits per heavy atom. The summed E-state index contributed by atoms with van der Waals surface area (Å²) in [7, 11) is -3.22. The smallest absolute Gasteiger partial charge is 0.303 e. The summed E-state index contributed by atoms with van der Waals surface area (Å²) in [6.45, 7) is 1.87. The Kier molecular flexibility index (Phi) is 2.95. The van der Waals surface area contributed by atoms with E-state index in [0.29, 0.717) is 11.3 Å². The van der Waals surface area contributed by atoms with Crippen LogP contribution < -0.4 is 0 Å². The van der Waals surface area contributed by atoms with Gasteiger partial charge < -0.3 is 5.11 Å². The second-order valence-corrected chi connectivity index (χ2v) is 6.40. The second kappa shape index (κ2) is 4.14. The fraction of sp³-hybridized carbons (Fsp3) is 0.417. The molecular weight excluding hydrogens is 240 g/mol. The molecule has 0 fully saturated rings. The average molecular weight is 254 g/mol. The minimum atomic E-state index is -3.22. The predicted molar refractivity (Wildman–Crippen MR) is 62.8 cm³/mol. The van der Waals surface area contributed by atoms with Crippen LogP contribution in [0.3, 0.4) is 0 Å². The van der Waals surface area contributed by atoms with Crippen molar-refractivity contribution in [3.05, 3.63) is 29.3 Å². The van der Waals surface area contributed by atoms with Gasteiger partial charge in [0.25, 0.3) is 0 Å². The molecule has 0 radical (unpaired) electrons. The molecule has 0 bridgehead atoms. The SMILES string of the molecule is Cc1cccc2c1C(CCC(=O)O)CS2(=O)=O. The summed E-state index contributed by atoms with van der Waals surface area (Å²) in [5.41, 5.74) is 1.74. The molecular formula is C12H14O4S. The molecule has 0 amide bonds. The topological polar surface area (TPSA) is 71.4 Å². The fourth-order valence-electron chi connectivity index (χ4n) is 2.41. The number of carboxylic acids is 1. The lowest BCUT2D eigenvalue weighted by molar-refractivity contribution is -0.137. The summed E-state index contributed by atoms with van der Waals surface area (Å²) in [6.07, 6.45) is 0.389. The highest BCUT2D eigenvalue weighted by Gasteiger charge is 2.35.